The van der Waals surface area contributed by atoms with Gasteiger partial charge in [-0.2, -0.15) is 0 Å². The van der Waals surface area contributed by atoms with Gasteiger partial charge in [-0.15, -0.1) is 0 Å². The average Bonchev–Trinajstić information content (AvgIpc) is 2.96. The van der Waals surface area contributed by atoms with Gasteiger partial charge in [0, 0.05) is 42.1 Å². The van der Waals surface area contributed by atoms with Crippen LogP contribution in [0, 0.1) is 13.8 Å². The summed E-state index contributed by atoms with van der Waals surface area (Å²) in [6, 6.07) is 0.414. The van der Waals surface area contributed by atoms with Crippen LogP contribution in [0.2, 0.25) is 0 Å². The van der Waals surface area contributed by atoms with E-state index in [2.05, 4.69) is 24.1 Å². The summed E-state index contributed by atoms with van der Waals surface area (Å²) in [4.78, 5) is 4.62. The van der Waals surface area contributed by atoms with E-state index in [9.17, 15) is 0 Å². The first-order valence-electron chi connectivity index (χ1n) is 7.99. The van der Waals surface area contributed by atoms with Crippen molar-refractivity contribution in [2.24, 2.45) is 0 Å². The summed E-state index contributed by atoms with van der Waals surface area (Å²) >= 11 is 0. The number of aromatic nitrogens is 1. The first kappa shape index (κ1) is 16.2. The van der Waals surface area contributed by atoms with Gasteiger partial charge in [-0.25, -0.2) is 0 Å². The summed E-state index contributed by atoms with van der Waals surface area (Å²) in [5.74, 6) is 0.965. The molecule has 1 aliphatic heterocycles. The van der Waals surface area contributed by atoms with E-state index in [1.165, 1.54) is 12.8 Å². The van der Waals surface area contributed by atoms with Crippen molar-refractivity contribution in [2.45, 2.75) is 58.6 Å². The zero-order chi connectivity index (χ0) is 15.2. The maximum absolute atomic E-state index is 5.78. The number of nitrogens with zero attached hydrogens (tertiary/aromatic N) is 1. The van der Waals surface area contributed by atoms with Crippen LogP contribution in [0.3, 0.4) is 0 Å². The summed E-state index contributed by atoms with van der Waals surface area (Å²) in [5, 5.41) is 3.58. The largest absolute Gasteiger partial charge is 0.496 e. The van der Waals surface area contributed by atoms with Gasteiger partial charge in [-0.1, -0.05) is 6.92 Å². The Labute approximate surface area is 128 Å². The number of pyridine rings is 1. The number of aryl methyl sites for hydroxylation is 1. The highest BCUT2D eigenvalue weighted by molar-refractivity contribution is 5.41. The molecule has 0 spiro atoms. The van der Waals surface area contributed by atoms with Crippen molar-refractivity contribution in [1.29, 1.82) is 0 Å². The summed E-state index contributed by atoms with van der Waals surface area (Å²) in [6.07, 6.45) is 6.68. The third-order valence-electron chi connectivity index (χ3n) is 4.25. The van der Waals surface area contributed by atoms with Crippen LogP contribution in [-0.2, 0) is 11.2 Å². The van der Waals surface area contributed by atoms with E-state index >= 15 is 0 Å². The highest BCUT2D eigenvalue weighted by Crippen LogP contribution is 2.26. The van der Waals surface area contributed by atoms with Gasteiger partial charge in [-0.3, -0.25) is 4.98 Å². The molecule has 1 aromatic heterocycles. The molecule has 1 fully saturated rings. The number of hydrogen-bond donors (Lipinski definition) is 1. The van der Waals surface area contributed by atoms with Crippen LogP contribution in [0.25, 0.3) is 0 Å². The minimum absolute atomic E-state index is 0.404. The number of ether oxygens (including phenoxy) is 2. The van der Waals surface area contributed by atoms with E-state index in [-0.39, 0.29) is 0 Å². The monoisotopic (exact) mass is 292 g/mol. The normalized spacial score (nSPS) is 19.7. The molecule has 0 saturated carbocycles. The molecule has 0 bridgehead atoms. The third-order valence-corrected chi connectivity index (χ3v) is 4.25. The van der Waals surface area contributed by atoms with Gasteiger partial charge in [0.05, 0.1) is 13.2 Å². The maximum Gasteiger partial charge on any atom is 0.128 e. The first-order valence-corrected chi connectivity index (χ1v) is 7.99. The Balaban J connectivity index is 2.08. The van der Waals surface area contributed by atoms with E-state index < -0.39 is 0 Å². The molecule has 2 atom stereocenters. The minimum atomic E-state index is 0.404. The second kappa shape index (κ2) is 7.76. The number of methoxy groups -OCH3 is 1. The van der Waals surface area contributed by atoms with Crippen molar-refractivity contribution in [3.05, 3.63) is 23.0 Å². The summed E-state index contributed by atoms with van der Waals surface area (Å²) in [7, 11) is 1.73. The molecule has 1 saturated heterocycles. The lowest BCUT2D eigenvalue weighted by atomic mass is 9.99. The van der Waals surface area contributed by atoms with E-state index in [4.69, 9.17) is 9.47 Å². The Kier molecular flexibility index (Phi) is 6.00. The lowest BCUT2D eigenvalue weighted by molar-refractivity contribution is 0.0946. The highest BCUT2D eigenvalue weighted by atomic mass is 16.5. The topological polar surface area (TPSA) is 43.4 Å². The van der Waals surface area contributed by atoms with Crippen molar-refractivity contribution in [3.63, 3.8) is 0 Å². The molecular formula is C17H28N2O2. The van der Waals surface area contributed by atoms with Gasteiger partial charge >= 0.3 is 0 Å². The molecule has 0 aliphatic carbocycles. The van der Waals surface area contributed by atoms with Crippen molar-refractivity contribution < 1.29 is 9.47 Å². The summed E-state index contributed by atoms with van der Waals surface area (Å²) < 4.78 is 11.3. The number of hydrogen-bond acceptors (Lipinski definition) is 4. The van der Waals surface area contributed by atoms with Crippen molar-refractivity contribution in [2.75, 3.05) is 20.3 Å². The molecule has 4 heteroatoms. The van der Waals surface area contributed by atoms with Crippen molar-refractivity contribution in [3.8, 4) is 5.75 Å². The van der Waals surface area contributed by atoms with Gasteiger partial charge in [0.25, 0.3) is 0 Å². The van der Waals surface area contributed by atoms with Gasteiger partial charge in [0.2, 0.25) is 0 Å². The molecule has 0 amide bonds. The van der Waals surface area contributed by atoms with Crippen LogP contribution in [0.1, 0.15) is 43.0 Å². The van der Waals surface area contributed by atoms with Crippen LogP contribution in [-0.4, -0.2) is 37.4 Å². The van der Waals surface area contributed by atoms with Gasteiger partial charge < -0.3 is 14.8 Å². The fraction of sp³-hybridized carbons (Fsp3) is 0.706. The number of rotatable bonds is 7. The SMILES string of the molecule is CCNC(Cc1ncc(C)c(OC)c1C)CC1CCCO1. The number of nitrogens with one attached hydrogen (secondary N) is 1. The molecule has 2 heterocycles. The molecule has 2 rings (SSSR count). The maximum atomic E-state index is 5.78. The second-order valence-electron chi connectivity index (χ2n) is 5.88. The quantitative estimate of drug-likeness (QED) is 0.839. The Morgan fingerprint density at radius 3 is 2.90 bits per heavy atom. The van der Waals surface area contributed by atoms with Crippen molar-refractivity contribution >= 4 is 0 Å². The van der Waals surface area contributed by atoms with Crippen molar-refractivity contribution in [1.82, 2.24) is 10.3 Å². The summed E-state index contributed by atoms with van der Waals surface area (Å²) in [5.41, 5.74) is 3.38. The van der Waals surface area contributed by atoms with Crippen LogP contribution < -0.4 is 10.1 Å². The lowest BCUT2D eigenvalue weighted by Gasteiger charge is -2.22. The molecule has 2 unspecified atom stereocenters. The molecule has 1 aliphatic rings. The molecule has 0 aromatic carbocycles. The fourth-order valence-corrected chi connectivity index (χ4v) is 3.19. The first-order chi connectivity index (χ1) is 10.2. The smallest absolute Gasteiger partial charge is 0.128 e. The Morgan fingerprint density at radius 1 is 1.48 bits per heavy atom. The number of likely N-dealkylation sites (N-methyl/N-ethyl adjacent to an activating group) is 1. The Hall–Kier alpha value is -1.13. The van der Waals surface area contributed by atoms with Crippen LogP contribution in [0.4, 0.5) is 0 Å². The second-order valence-corrected chi connectivity index (χ2v) is 5.88. The average molecular weight is 292 g/mol. The molecule has 1 N–H and O–H groups in total. The van der Waals surface area contributed by atoms with Gasteiger partial charge in [-0.05, 0) is 39.7 Å². The van der Waals surface area contributed by atoms with E-state index in [1.54, 1.807) is 7.11 Å². The molecule has 118 valence electrons. The van der Waals surface area contributed by atoms with Gasteiger partial charge in [0.1, 0.15) is 5.75 Å². The van der Waals surface area contributed by atoms with E-state index in [1.807, 2.05) is 13.1 Å². The summed E-state index contributed by atoms with van der Waals surface area (Å²) in [6.45, 7) is 8.18. The zero-order valence-corrected chi connectivity index (χ0v) is 13.7. The predicted molar refractivity (Wildman–Crippen MR) is 85.0 cm³/mol. The van der Waals surface area contributed by atoms with Crippen LogP contribution in [0.5, 0.6) is 5.75 Å². The van der Waals surface area contributed by atoms with E-state index in [0.29, 0.717) is 12.1 Å². The van der Waals surface area contributed by atoms with Gasteiger partial charge in [0.15, 0.2) is 0 Å². The minimum Gasteiger partial charge on any atom is -0.496 e. The molecule has 1 aromatic rings. The van der Waals surface area contributed by atoms with Crippen LogP contribution >= 0.6 is 0 Å². The lowest BCUT2D eigenvalue weighted by Crippen LogP contribution is -2.34. The third kappa shape index (κ3) is 4.17. The highest BCUT2D eigenvalue weighted by Gasteiger charge is 2.22. The standard InChI is InChI=1S/C17H28N2O2/c1-5-18-14(9-15-7-6-8-21-15)10-16-13(3)17(20-4)12(2)11-19-16/h11,14-15,18H,5-10H2,1-4H3. The molecule has 0 radical (unpaired) electrons. The Bertz CT molecular complexity index is 456. The Morgan fingerprint density at radius 2 is 2.29 bits per heavy atom. The molecule has 21 heavy (non-hydrogen) atoms. The fourth-order valence-electron chi connectivity index (χ4n) is 3.19. The van der Waals surface area contributed by atoms with E-state index in [0.717, 1.165) is 48.6 Å². The molecule has 4 nitrogen and oxygen atoms in total. The zero-order valence-electron chi connectivity index (χ0n) is 13.7. The predicted octanol–water partition coefficient (Wildman–Crippen LogP) is 2.80. The van der Waals surface area contributed by atoms with Crippen LogP contribution in [0.15, 0.2) is 6.20 Å². The molecular weight excluding hydrogens is 264 g/mol.